The molecule has 0 amide bonds. The number of hydrogen-bond acceptors (Lipinski definition) is 2. The van der Waals surface area contributed by atoms with Crippen LogP contribution in [-0.4, -0.2) is 10.9 Å². The van der Waals surface area contributed by atoms with Crippen molar-refractivity contribution in [2.75, 3.05) is 0 Å². The molecular formula is C31H50O2. The first-order valence-electron chi connectivity index (χ1n) is 14.1. The highest BCUT2D eigenvalue weighted by Gasteiger charge is 2.70. The maximum Gasteiger partial charge on any atom is 0.167 e. The van der Waals surface area contributed by atoms with Crippen LogP contribution < -0.4 is 0 Å². The van der Waals surface area contributed by atoms with Crippen molar-refractivity contribution in [3.8, 4) is 0 Å². The number of aliphatic hydroxyl groups excluding tert-OH is 1. The first-order chi connectivity index (χ1) is 15.3. The number of rotatable bonds is 1. The van der Waals surface area contributed by atoms with Crippen LogP contribution in [0.5, 0.6) is 0 Å². The third-order valence-electron chi connectivity index (χ3n) is 13.5. The van der Waals surface area contributed by atoms with Gasteiger partial charge in [-0.2, -0.15) is 0 Å². The quantitative estimate of drug-likeness (QED) is 0.319. The van der Waals surface area contributed by atoms with Gasteiger partial charge in [0, 0.05) is 11.0 Å². The minimum absolute atomic E-state index is 0.0980. The van der Waals surface area contributed by atoms with E-state index in [0.29, 0.717) is 33.7 Å². The lowest BCUT2D eigenvalue weighted by molar-refractivity contribution is -0.230. The molecule has 0 aromatic carbocycles. The zero-order valence-electron chi connectivity index (χ0n) is 22.8. The van der Waals surface area contributed by atoms with E-state index >= 15 is 0 Å². The van der Waals surface area contributed by atoms with Gasteiger partial charge in [0.2, 0.25) is 0 Å². The molecule has 0 radical (unpaired) electrons. The molecule has 33 heavy (non-hydrogen) atoms. The van der Waals surface area contributed by atoms with E-state index in [1.807, 2.05) is 0 Å². The van der Waals surface area contributed by atoms with E-state index in [1.165, 1.54) is 51.4 Å². The Balaban J connectivity index is 1.57. The number of carbonyl (C=O) groups is 1. The van der Waals surface area contributed by atoms with E-state index in [2.05, 4.69) is 55.4 Å². The number of allylic oxidation sites excluding steroid dienone is 1. The predicted octanol–water partition coefficient (Wildman–Crippen LogP) is 8.36. The maximum absolute atomic E-state index is 13.2. The number of hydrogen-bond donors (Lipinski definition) is 1. The Morgan fingerprint density at radius 3 is 2.18 bits per heavy atom. The third-order valence-corrected chi connectivity index (χ3v) is 13.5. The summed E-state index contributed by atoms with van der Waals surface area (Å²) in [6, 6.07) is 0. The molecule has 0 bridgehead atoms. The lowest BCUT2D eigenvalue weighted by Crippen LogP contribution is -2.66. The van der Waals surface area contributed by atoms with E-state index in [1.54, 1.807) is 0 Å². The van der Waals surface area contributed by atoms with E-state index in [0.717, 1.165) is 36.4 Å². The summed E-state index contributed by atoms with van der Waals surface area (Å²) >= 11 is 0. The second-order valence-corrected chi connectivity index (χ2v) is 15.2. The maximum atomic E-state index is 13.2. The lowest BCUT2D eigenvalue weighted by atomic mass is 9.32. The molecule has 9 atom stereocenters. The van der Waals surface area contributed by atoms with Crippen LogP contribution in [0.1, 0.15) is 113 Å². The van der Waals surface area contributed by atoms with E-state index in [-0.39, 0.29) is 16.6 Å². The third kappa shape index (κ3) is 2.82. The molecule has 2 nitrogen and oxygen atoms in total. The van der Waals surface area contributed by atoms with Crippen LogP contribution in [-0.2, 0) is 4.79 Å². The average Bonchev–Trinajstić information content (AvgIpc) is 3.09. The van der Waals surface area contributed by atoms with E-state index < -0.39 is 0 Å². The molecule has 9 unspecified atom stereocenters. The number of Topliss-reactive ketones (excluding diaryl/α,β-unsaturated/α-hetero) is 1. The summed E-state index contributed by atoms with van der Waals surface area (Å²) < 4.78 is 0. The van der Waals surface area contributed by atoms with Gasteiger partial charge in [0.05, 0.1) is 6.26 Å². The van der Waals surface area contributed by atoms with Crippen LogP contribution in [0.3, 0.4) is 0 Å². The molecule has 0 aromatic heterocycles. The van der Waals surface area contributed by atoms with Gasteiger partial charge in [0.1, 0.15) is 0 Å². The van der Waals surface area contributed by atoms with Gasteiger partial charge in [0.15, 0.2) is 5.78 Å². The number of fused-ring (bicyclic) bond motifs is 7. The van der Waals surface area contributed by atoms with Crippen LogP contribution in [0.25, 0.3) is 0 Å². The summed E-state index contributed by atoms with van der Waals surface area (Å²) in [5.41, 5.74) is 1.67. The molecule has 5 rings (SSSR count). The van der Waals surface area contributed by atoms with Crippen LogP contribution in [0.15, 0.2) is 11.8 Å². The Bertz CT molecular complexity index is 868. The second kappa shape index (κ2) is 7.13. The van der Waals surface area contributed by atoms with Crippen molar-refractivity contribution in [2.45, 2.75) is 113 Å². The van der Waals surface area contributed by atoms with Gasteiger partial charge in [-0.15, -0.1) is 0 Å². The van der Waals surface area contributed by atoms with Gasteiger partial charge in [-0.25, -0.2) is 0 Å². The Morgan fingerprint density at radius 1 is 0.848 bits per heavy atom. The number of ketones is 1. The molecule has 5 aliphatic carbocycles. The lowest BCUT2D eigenvalue weighted by Gasteiger charge is -2.72. The van der Waals surface area contributed by atoms with Crippen molar-refractivity contribution in [2.24, 2.45) is 62.6 Å². The van der Waals surface area contributed by atoms with Gasteiger partial charge < -0.3 is 5.11 Å². The topological polar surface area (TPSA) is 37.3 Å². The Labute approximate surface area is 203 Å². The zero-order chi connectivity index (χ0) is 24.2. The van der Waals surface area contributed by atoms with Crippen molar-refractivity contribution >= 4 is 5.78 Å². The van der Waals surface area contributed by atoms with Crippen LogP contribution in [0, 0.1) is 62.6 Å². The fraction of sp³-hybridized carbons (Fsp3) is 0.903. The first-order valence-corrected chi connectivity index (χ1v) is 14.1. The summed E-state index contributed by atoms with van der Waals surface area (Å²) in [5.74, 6) is 4.66. The summed E-state index contributed by atoms with van der Waals surface area (Å²) in [6.07, 6.45) is 12.7. The minimum atomic E-state index is -0.375. The van der Waals surface area contributed by atoms with E-state index in [4.69, 9.17) is 0 Å². The minimum Gasteiger partial charge on any atom is -0.515 e. The van der Waals surface area contributed by atoms with Gasteiger partial charge in [0.25, 0.3) is 0 Å². The largest absolute Gasteiger partial charge is 0.515 e. The molecule has 0 heterocycles. The fourth-order valence-corrected chi connectivity index (χ4v) is 11.7. The highest BCUT2D eigenvalue weighted by atomic mass is 16.2. The normalized spacial score (nSPS) is 54.5. The molecule has 5 aliphatic rings. The molecular weight excluding hydrogens is 404 g/mol. The Kier molecular flexibility index (Phi) is 5.17. The Morgan fingerprint density at radius 2 is 1.55 bits per heavy atom. The molecule has 2 heteroatoms. The SMILES string of the molecule is CC(C)C1CCC2(C)CCC3(C)C(CCC4C5(C)CC(=CO)C(=O)C(C)(C)C5CCC43C)C12. The smallest absolute Gasteiger partial charge is 0.167 e. The molecule has 0 saturated heterocycles. The van der Waals surface area contributed by atoms with Crippen LogP contribution >= 0.6 is 0 Å². The summed E-state index contributed by atoms with van der Waals surface area (Å²) in [4.78, 5) is 13.2. The molecule has 0 aliphatic heterocycles. The number of aliphatic hydroxyl groups is 1. The summed E-state index contributed by atoms with van der Waals surface area (Å²) in [6.45, 7) is 19.8. The van der Waals surface area contributed by atoms with Gasteiger partial charge in [-0.3, -0.25) is 4.79 Å². The monoisotopic (exact) mass is 454 g/mol. The molecule has 0 aromatic rings. The second-order valence-electron chi connectivity index (χ2n) is 15.2. The van der Waals surface area contributed by atoms with Crippen molar-refractivity contribution in [3.05, 3.63) is 11.8 Å². The Hall–Kier alpha value is -0.790. The van der Waals surface area contributed by atoms with Gasteiger partial charge >= 0.3 is 0 Å². The van der Waals surface area contributed by atoms with E-state index in [9.17, 15) is 9.90 Å². The highest BCUT2D eigenvalue weighted by molar-refractivity contribution is 6.00. The predicted molar refractivity (Wildman–Crippen MR) is 136 cm³/mol. The van der Waals surface area contributed by atoms with Gasteiger partial charge in [-0.05, 0) is 115 Å². The summed E-state index contributed by atoms with van der Waals surface area (Å²) in [7, 11) is 0. The van der Waals surface area contributed by atoms with Crippen molar-refractivity contribution in [1.29, 1.82) is 0 Å². The zero-order valence-corrected chi connectivity index (χ0v) is 22.8. The van der Waals surface area contributed by atoms with Crippen molar-refractivity contribution < 1.29 is 9.90 Å². The van der Waals surface area contributed by atoms with Crippen molar-refractivity contribution in [1.82, 2.24) is 0 Å². The standard InChI is InChI=1S/C31H50O2/c1-19(2)21-11-13-28(5)15-16-30(7)22(25(21)28)9-10-24-29(6)17-20(18-32)26(33)27(3,4)23(29)12-14-31(24,30)8/h18-19,21-25,32H,9-17H2,1-8H3. The highest BCUT2D eigenvalue weighted by Crippen LogP contribution is 2.77. The fourth-order valence-electron chi connectivity index (χ4n) is 11.7. The van der Waals surface area contributed by atoms with Crippen LogP contribution in [0.2, 0.25) is 0 Å². The van der Waals surface area contributed by atoms with Gasteiger partial charge in [-0.1, -0.05) is 55.4 Å². The summed E-state index contributed by atoms with van der Waals surface area (Å²) in [5, 5.41) is 10.0. The molecule has 0 spiro atoms. The number of carbonyl (C=O) groups excluding carboxylic acids is 1. The van der Waals surface area contributed by atoms with Crippen molar-refractivity contribution in [3.63, 3.8) is 0 Å². The molecule has 5 saturated carbocycles. The molecule has 1 N–H and O–H groups in total. The molecule has 5 fully saturated rings. The molecule has 186 valence electrons. The first kappa shape index (κ1) is 23.9. The average molecular weight is 455 g/mol. The van der Waals surface area contributed by atoms with Crippen LogP contribution in [0.4, 0.5) is 0 Å².